The zero-order chi connectivity index (χ0) is 17.7. The van der Waals surface area contributed by atoms with E-state index >= 15 is 0 Å². The van der Waals surface area contributed by atoms with Gasteiger partial charge < -0.3 is 17.4 Å². The van der Waals surface area contributed by atoms with Gasteiger partial charge in [-0.05, 0) is 42.5 Å². The van der Waals surface area contributed by atoms with Crippen LogP contribution in [0, 0.1) is 0 Å². The lowest BCUT2D eigenvalue weighted by atomic mass is 10.1. The number of nitrogens with one attached hydrogen (secondary N) is 1. The summed E-state index contributed by atoms with van der Waals surface area (Å²) in [6, 6.07) is 25.1. The third-order valence-electron chi connectivity index (χ3n) is 4.78. The topological polar surface area (TPSA) is 19.7 Å². The van der Waals surface area contributed by atoms with Crippen LogP contribution in [0.5, 0.6) is 0 Å². The van der Waals surface area contributed by atoms with Crippen LogP contribution in [-0.2, 0) is 7.05 Å². The number of pyridine rings is 1. The first-order chi connectivity index (χ1) is 12.7. The largest absolute Gasteiger partial charge is 1.00 e. The second kappa shape index (κ2) is 7.08. The van der Waals surface area contributed by atoms with Crippen molar-refractivity contribution >= 4 is 56.2 Å². The fraction of sp³-hybridized carbons (Fsp3) is 0.0455. The van der Waals surface area contributed by atoms with Gasteiger partial charge in [-0.25, -0.2) is 0 Å². The molecule has 1 N–H and O–H groups in total. The molecule has 134 valence electrons. The molecule has 0 radical (unpaired) electrons. The van der Waals surface area contributed by atoms with E-state index in [0.717, 1.165) is 10.5 Å². The number of hydrogen-bond acceptors (Lipinski definition) is 1. The highest BCUT2D eigenvalue weighted by Crippen LogP contribution is 2.39. The molecule has 2 heterocycles. The number of rotatable bonds is 2. The number of benzene rings is 3. The van der Waals surface area contributed by atoms with Crippen LogP contribution >= 0.6 is 23.4 Å². The van der Waals surface area contributed by atoms with E-state index in [1.54, 1.807) is 11.8 Å². The highest BCUT2D eigenvalue weighted by Gasteiger charge is 2.22. The summed E-state index contributed by atoms with van der Waals surface area (Å²) in [5.74, 6) is 0. The van der Waals surface area contributed by atoms with Gasteiger partial charge in [0.25, 0.3) is 0 Å². The molecule has 0 bridgehead atoms. The van der Waals surface area contributed by atoms with Crippen molar-refractivity contribution in [1.29, 1.82) is 0 Å². The minimum atomic E-state index is 0. The average Bonchev–Trinajstić information content (AvgIpc) is 3.06. The first-order valence-corrected chi connectivity index (χ1v) is 9.66. The van der Waals surface area contributed by atoms with Crippen molar-refractivity contribution < 1.29 is 17.0 Å². The Morgan fingerprint density at radius 2 is 1.52 bits per heavy atom. The van der Waals surface area contributed by atoms with Gasteiger partial charge in [-0.1, -0.05) is 47.6 Å². The lowest BCUT2D eigenvalue weighted by Crippen LogP contribution is -3.00. The van der Waals surface area contributed by atoms with E-state index in [2.05, 4.69) is 77.3 Å². The monoisotopic (exact) mass is 410 g/mol. The third kappa shape index (κ3) is 2.96. The SMILES string of the molecule is C[n+]1c2ccccc2c(Sc2ccc(Cl)cc2)c2[nH]c3ccccc3c21.[Cl-]. The summed E-state index contributed by atoms with van der Waals surface area (Å²) < 4.78 is 2.29. The van der Waals surface area contributed by atoms with Gasteiger partial charge in [0, 0.05) is 16.0 Å². The second-order valence-electron chi connectivity index (χ2n) is 6.36. The molecule has 0 unspecified atom stereocenters. The molecule has 2 aromatic heterocycles. The normalized spacial score (nSPS) is 11.2. The summed E-state index contributed by atoms with van der Waals surface area (Å²) in [5, 5.41) is 3.25. The van der Waals surface area contributed by atoms with Gasteiger partial charge in [-0.15, -0.1) is 0 Å². The Morgan fingerprint density at radius 1 is 0.852 bits per heavy atom. The fourth-order valence-electron chi connectivity index (χ4n) is 3.58. The molecule has 0 saturated carbocycles. The van der Waals surface area contributed by atoms with E-state index in [4.69, 9.17) is 11.6 Å². The van der Waals surface area contributed by atoms with Gasteiger partial charge >= 0.3 is 0 Å². The molecule has 0 spiro atoms. The number of aromatic amines is 1. The van der Waals surface area contributed by atoms with Crippen molar-refractivity contribution in [2.45, 2.75) is 9.79 Å². The summed E-state index contributed by atoms with van der Waals surface area (Å²) in [6.07, 6.45) is 0. The lowest BCUT2D eigenvalue weighted by Gasteiger charge is -2.08. The molecule has 0 aliphatic carbocycles. The number of aromatic nitrogens is 2. The molecule has 3 aromatic carbocycles. The summed E-state index contributed by atoms with van der Waals surface area (Å²) in [6.45, 7) is 0. The number of nitrogens with zero attached hydrogens (tertiary/aromatic N) is 1. The Morgan fingerprint density at radius 3 is 2.30 bits per heavy atom. The second-order valence-corrected chi connectivity index (χ2v) is 7.88. The van der Waals surface area contributed by atoms with Crippen molar-refractivity contribution in [2.24, 2.45) is 7.05 Å². The standard InChI is InChI=1S/C22H15ClN2S.ClH/c1-25-19-9-5-3-7-17(19)22(26-15-12-10-14(23)11-13-15)20-21(25)16-6-2-4-8-18(16)24-20;/h2-13H,1H3;1H. The average molecular weight is 411 g/mol. The Balaban J connectivity index is 0.00000180. The van der Waals surface area contributed by atoms with Crippen molar-refractivity contribution in [2.75, 3.05) is 0 Å². The highest BCUT2D eigenvalue weighted by atomic mass is 35.5. The van der Waals surface area contributed by atoms with Crippen LogP contribution in [0.4, 0.5) is 0 Å². The predicted molar refractivity (Wildman–Crippen MR) is 110 cm³/mol. The minimum absolute atomic E-state index is 0. The van der Waals surface area contributed by atoms with Crippen LogP contribution in [0.2, 0.25) is 5.02 Å². The molecular weight excluding hydrogens is 395 g/mol. The Labute approximate surface area is 172 Å². The minimum Gasteiger partial charge on any atom is -1.00 e. The number of halogens is 2. The van der Waals surface area contributed by atoms with Gasteiger partial charge in [0.2, 0.25) is 11.0 Å². The lowest BCUT2D eigenvalue weighted by molar-refractivity contribution is -0.617. The van der Waals surface area contributed by atoms with Gasteiger partial charge in [-0.2, -0.15) is 4.57 Å². The molecule has 27 heavy (non-hydrogen) atoms. The molecule has 2 nitrogen and oxygen atoms in total. The van der Waals surface area contributed by atoms with Crippen molar-refractivity contribution in [3.63, 3.8) is 0 Å². The summed E-state index contributed by atoms with van der Waals surface area (Å²) in [4.78, 5) is 6.06. The number of hydrogen-bond donors (Lipinski definition) is 1. The van der Waals surface area contributed by atoms with Gasteiger partial charge in [0.15, 0.2) is 0 Å². The quantitative estimate of drug-likeness (QED) is 0.443. The molecule has 0 aliphatic heterocycles. The van der Waals surface area contributed by atoms with Crippen LogP contribution in [0.25, 0.3) is 32.8 Å². The predicted octanol–water partition coefficient (Wildman–Crippen LogP) is 3.11. The third-order valence-corrected chi connectivity index (χ3v) is 6.17. The maximum absolute atomic E-state index is 6.06. The number of fused-ring (bicyclic) bond motifs is 4. The zero-order valence-electron chi connectivity index (χ0n) is 14.5. The highest BCUT2D eigenvalue weighted by molar-refractivity contribution is 7.99. The maximum atomic E-state index is 6.06. The smallest absolute Gasteiger partial charge is 0.239 e. The van der Waals surface area contributed by atoms with Crippen LogP contribution < -0.4 is 17.0 Å². The molecule has 0 amide bonds. The summed E-state index contributed by atoms with van der Waals surface area (Å²) >= 11 is 7.84. The Kier molecular flexibility index (Phi) is 4.77. The van der Waals surface area contributed by atoms with E-state index in [-0.39, 0.29) is 12.4 Å². The van der Waals surface area contributed by atoms with Crippen molar-refractivity contribution in [3.05, 3.63) is 77.8 Å². The summed E-state index contributed by atoms with van der Waals surface area (Å²) in [7, 11) is 2.14. The van der Waals surface area contributed by atoms with Crippen LogP contribution in [0.3, 0.4) is 0 Å². The number of aryl methyl sites for hydroxylation is 1. The van der Waals surface area contributed by atoms with E-state index in [9.17, 15) is 0 Å². The zero-order valence-corrected chi connectivity index (χ0v) is 16.9. The first kappa shape index (κ1) is 18.2. The fourth-order valence-corrected chi connectivity index (χ4v) is 4.75. The number of H-pyrrole nitrogens is 1. The molecule has 0 saturated heterocycles. The number of para-hydroxylation sites is 2. The van der Waals surface area contributed by atoms with Gasteiger partial charge in [-0.3, -0.25) is 0 Å². The maximum Gasteiger partial charge on any atom is 0.239 e. The van der Waals surface area contributed by atoms with Crippen LogP contribution in [-0.4, -0.2) is 4.98 Å². The van der Waals surface area contributed by atoms with Gasteiger partial charge in [0.05, 0.1) is 21.2 Å². The summed E-state index contributed by atoms with van der Waals surface area (Å²) in [5.41, 5.74) is 4.79. The van der Waals surface area contributed by atoms with E-state index < -0.39 is 0 Å². The van der Waals surface area contributed by atoms with E-state index in [0.29, 0.717) is 0 Å². The van der Waals surface area contributed by atoms with E-state index in [1.165, 1.54) is 37.1 Å². The molecule has 5 aromatic rings. The molecule has 0 fully saturated rings. The van der Waals surface area contributed by atoms with Crippen LogP contribution in [0.15, 0.2) is 82.6 Å². The molecule has 0 aliphatic rings. The van der Waals surface area contributed by atoms with Crippen molar-refractivity contribution in [1.82, 2.24) is 4.98 Å². The van der Waals surface area contributed by atoms with Crippen LogP contribution in [0.1, 0.15) is 0 Å². The van der Waals surface area contributed by atoms with Gasteiger partial charge in [0.1, 0.15) is 12.6 Å². The Hall–Kier alpha value is -2.20. The van der Waals surface area contributed by atoms with E-state index in [1.807, 2.05) is 12.1 Å². The molecule has 5 heteroatoms. The molecule has 0 atom stereocenters. The van der Waals surface area contributed by atoms with Crippen molar-refractivity contribution in [3.8, 4) is 0 Å². The Bertz CT molecular complexity index is 1280. The first-order valence-electron chi connectivity index (χ1n) is 8.47. The molecule has 5 rings (SSSR count). The molecular formula is C22H16Cl2N2S.